The van der Waals surface area contributed by atoms with Crippen LogP contribution in [0.15, 0.2) is 61.1 Å². The molecule has 1 aliphatic rings. The van der Waals surface area contributed by atoms with Crippen molar-refractivity contribution >= 4 is 58.4 Å². The summed E-state index contributed by atoms with van der Waals surface area (Å²) >= 11 is 11.7. The predicted molar refractivity (Wildman–Crippen MR) is 131 cm³/mol. The molecule has 2 heterocycles. The molecule has 2 aromatic carbocycles. The maximum absolute atomic E-state index is 12.8. The Kier molecular flexibility index (Phi) is 7.87. The van der Waals surface area contributed by atoms with Gasteiger partial charge in [0.05, 0.1) is 33.9 Å². The molecule has 188 valence electrons. The number of benzene rings is 2. The Bertz CT molecular complexity index is 1380. The lowest BCUT2D eigenvalue weighted by molar-refractivity contribution is -0.121. The normalized spacial score (nSPS) is 15.0. The number of carbonyl (C=O) groups excluding carboxylic acids is 5. The van der Waals surface area contributed by atoms with Gasteiger partial charge < -0.3 is 4.74 Å². The molecule has 0 radical (unpaired) electrons. The molecule has 11 nitrogen and oxygen atoms in total. The van der Waals surface area contributed by atoms with Crippen LogP contribution < -0.4 is 15.8 Å². The van der Waals surface area contributed by atoms with Crippen molar-refractivity contribution in [1.29, 1.82) is 0 Å². The first-order chi connectivity index (χ1) is 17.7. The van der Waals surface area contributed by atoms with Crippen LogP contribution in [0.3, 0.4) is 0 Å². The van der Waals surface area contributed by atoms with E-state index in [1.165, 1.54) is 61.1 Å². The third-order valence-corrected chi connectivity index (χ3v) is 5.98. The summed E-state index contributed by atoms with van der Waals surface area (Å²) in [6, 6.07) is 8.82. The first kappa shape index (κ1) is 25.9. The third kappa shape index (κ3) is 5.97. The number of hydrogen-bond donors (Lipinski definition) is 2. The second-order valence-electron chi connectivity index (χ2n) is 7.69. The number of aromatic nitrogens is 2. The van der Waals surface area contributed by atoms with Crippen molar-refractivity contribution < 1.29 is 28.7 Å². The number of halogens is 2. The van der Waals surface area contributed by atoms with E-state index in [1.807, 2.05) is 0 Å². The van der Waals surface area contributed by atoms with Crippen LogP contribution in [0.4, 0.5) is 5.69 Å². The van der Waals surface area contributed by atoms with Gasteiger partial charge in [0.2, 0.25) is 5.91 Å². The Labute approximate surface area is 219 Å². The summed E-state index contributed by atoms with van der Waals surface area (Å²) in [5, 5.41) is 0.491. The Morgan fingerprint density at radius 2 is 1.73 bits per heavy atom. The number of imide groups is 1. The second kappa shape index (κ2) is 11.2. The number of anilines is 1. The van der Waals surface area contributed by atoms with Crippen molar-refractivity contribution in [3.8, 4) is 0 Å². The highest BCUT2D eigenvalue weighted by Crippen LogP contribution is 2.24. The first-order valence-electron chi connectivity index (χ1n) is 10.7. The topological polar surface area (TPSA) is 148 Å². The summed E-state index contributed by atoms with van der Waals surface area (Å²) in [7, 11) is 0. The molecule has 37 heavy (non-hydrogen) atoms. The van der Waals surface area contributed by atoms with Gasteiger partial charge in [-0.15, -0.1) is 0 Å². The maximum atomic E-state index is 12.8. The van der Waals surface area contributed by atoms with Crippen LogP contribution in [0.5, 0.6) is 0 Å². The molecule has 2 N–H and O–H groups in total. The molecule has 0 aliphatic carbocycles. The Morgan fingerprint density at radius 1 is 1.00 bits per heavy atom. The van der Waals surface area contributed by atoms with Gasteiger partial charge in [0, 0.05) is 18.0 Å². The predicted octanol–water partition coefficient (Wildman–Crippen LogP) is 2.39. The van der Waals surface area contributed by atoms with Gasteiger partial charge in [-0.25, -0.2) is 20.1 Å². The van der Waals surface area contributed by atoms with Gasteiger partial charge in [-0.05, 0) is 42.5 Å². The largest absolute Gasteiger partial charge is 0.454 e. The summed E-state index contributed by atoms with van der Waals surface area (Å²) in [5.41, 5.74) is 5.47. The fraction of sp³-hybridized carbons (Fsp3) is 0.125. The van der Waals surface area contributed by atoms with Crippen LogP contribution in [0.1, 0.15) is 37.6 Å². The highest BCUT2D eigenvalue weighted by atomic mass is 35.5. The molecule has 3 amide bonds. The van der Waals surface area contributed by atoms with Crippen LogP contribution in [-0.2, 0) is 14.3 Å². The van der Waals surface area contributed by atoms with Crippen molar-refractivity contribution in [3.63, 3.8) is 0 Å². The monoisotopic (exact) mass is 541 g/mol. The van der Waals surface area contributed by atoms with Crippen LogP contribution in [0.25, 0.3) is 0 Å². The van der Waals surface area contributed by atoms with Gasteiger partial charge >= 0.3 is 5.97 Å². The number of hydrogen-bond acceptors (Lipinski definition) is 9. The number of rotatable bonds is 8. The SMILES string of the molecule is O=C(COC(=O)c1ccc(N2C(=O)CC(NNC(=O)c3cnccn3)C2=O)cc1)c1ccc(Cl)c(Cl)c1. The summed E-state index contributed by atoms with van der Waals surface area (Å²) in [6.07, 6.45) is 3.80. The summed E-state index contributed by atoms with van der Waals surface area (Å²) < 4.78 is 5.06. The van der Waals surface area contributed by atoms with Crippen molar-refractivity contribution in [3.05, 3.63) is 87.9 Å². The van der Waals surface area contributed by atoms with Crippen molar-refractivity contribution in [2.24, 2.45) is 0 Å². The molecular weight excluding hydrogens is 525 g/mol. The van der Waals surface area contributed by atoms with E-state index in [2.05, 4.69) is 20.8 Å². The smallest absolute Gasteiger partial charge is 0.338 e. The van der Waals surface area contributed by atoms with Gasteiger partial charge in [-0.3, -0.25) is 29.6 Å². The molecule has 1 saturated heterocycles. The van der Waals surface area contributed by atoms with E-state index in [0.29, 0.717) is 5.02 Å². The number of amides is 3. The summed E-state index contributed by atoms with van der Waals surface area (Å²) in [6.45, 7) is -0.519. The molecule has 4 rings (SSSR count). The number of Topliss-reactive ketones (excluding diaryl/α,β-unsaturated/α-hetero) is 1. The van der Waals surface area contributed by atoms with Gasteiger partial charge in [-0.1, -0.05) is 23.2 Å². The van der Waals surface area contributed by atoms with Gasteiger partial charge in [0.25, 0.3) is 11.8 Å². The summed E-state index contributed by atoms with van der Waals surface area (Å²) in [4.78, 5) is 70.5. The van der Waals surface area contributed by atoms with E-state index in [0.717, 1.165) is 4.90 Å². The lowest BCUT2D eigenvalue weighted by Crippen LogP contribution is -2.48. The molecule has 0 saturated carbocycles. The molecule has 1 aromatic heterocycles. The minimum atomic E-state index is -0.995. The standard InChI is InChI=1S/C24H17Cl2N5O6/c25-16-6-3-14(9-17(16)26)20(32)12-37-24(36)13-1-4-15(5-2-13)31-21(33)10-18(23(31)35)29-30-22(34)19-11-27-7-8-28-19/h1-9,11,18,29H,10,12H2,(H,30,34). The van der Waals surface area contributed by atoms with Gasteiger partial charge in [0.1, 0.15) is 11.7 Å². The Hall–Kier alpha value is -4.19. The molecule has 1 aliphatic heterocycles. The quantitative estimate of drug-likeness (QED) is 0.190. The third-order valence-electron chi connectivity index (χ3n) is 5.24. The van der Waals surface area contributed by atoms with E-state index in [-0.39, 0.29) is 34.0 Å². The lowest BCUT2D eigenvalue weighted by Gasteiger charge is -2.16. The molecule has 0 spiro atoms. The minimum absolute atomic E-state index is 0.0322. The van der Waals surface area contributed by atoms with Crippen molar-refractivity contribution in [1.82, 2.24) is 20.8 Å². The number of ether oxygens (including phenoxy) is 1. The molecular formula is C24H17Cl2N5O6. The molecule has 13 heteroatoms. The van der Waals surface area contributed by atoms with E-state index < -0.39 is 42.1 Å². The Morgan fingerprint density at radius 3 is 2.41 bits per heavy atom. The Balaban J connectivity index is 1.33. The van der Waals surface area contributed by atoms with Crippen LogP contribution in [0, 0.1) is 0 Å². The number of carbonyl (C=O) groups is 5. The fourth-order valence-corrected chi connectivity index (χ4v) is 3.66. The highest BCUT2D eigenvalue weighted by molar-refractivity contribution is 6.42. The number of hydrazine groups is 1. The first-order valence-corrected chi connectivity index (χ1v) is 11.4. The van der Waals surface area contributed by atoms with E-state index in [4.69, 9.17) is 27.9 Å². The average molecular weight is 542 g/mol. The zero-order valence-electron chi connectivity index (χ0n) is 18.8. The number of nitrogens with zero attached hydrogens (tertiary/aromatic N) is 3. The molecule has 3 aromatic rings. The van der Waals surface area contributed by atoms with Crippen molar-refractivity contribution in [2.45, 2.75) is 12.5 Å². The summed E-state index contributed by atoms with van der Waals surface area (Å²) in [5.74, 6) is -2.95. The van der Waals surface area contributed by atoms with E-state index in [9.17, 15) is 24.0 Å². The number of esters is 1. The van der Waals surface area contributed by atoms with Crippen LogP contribution in [-0.4, -0.2) is 52.1 Å². The van der Waals surface area contributed by atoms with Gasteiger partial charge in [-0.2, -0.15) is 0 Å². The highest BCUT2D eigenvalue weighted by Gasteiger charge is 2.39. The molecule has 1 fully saturated rings. The molecule has 1 atom stereocenters. The van der Waals surface area contributed by atoms with E-state index in [1.54, 1.807) is 0 Å². The second-order valence-corrected chi connectivity index (χ2v) is 8.50. The van der Waals surface area contributed by atoms with Gasteiger partial charge in [0.15, 0.2) is 12.4 Å². The zero-order valence-corrected chi connectivity index (χ0v) is 20.3. The maximum Gasteiger partial charge on any atom is 0.338 e. The number of nitrogens with one attached hydrogen (secondary N) is 2. The fourth-order valence-electron chi connectivity index (χ4n) is 3.36. The van der Waals surface area contributed by atoms with Crippen LogP contribution >= 0.6 is 23.2 Å². The molecule has 0 bridgehead atoms. The average Bonchev–Trinajstić information content (AvgIpc) is 3.20. The van der Waals surface area contributed by atoms with Crippen LogP contribution in [0.2, 0.25) is 10.0 Å². The lowest BCUT2D eigenvalue weighted by atomic mass is 10.1. The molecule has 1 unspecified atom stereocenters. The zero-order chi connectivity index (χ0) is 26.5. The van der Waals surface area contributed by atoms with Crippen molar-refractivity contribution in [2.75, 3.05) is 11.5 Å². The number of ketones is 1. The van der Waals surface area contributed by atoms with E-state index >= 15 is 0 Å². The minimum Gasteiger partial charge on any atom is -0.454 e.